The minimum atomic E-state index is 0.910. The maximum atomic E-state index is 4.70. The van der Waals surface area contributed by atoms with Crippen LogP contribution in [0.2, 0.25) is 0 Å². The molecular formula is C16H19N3. The standard InChI is InChI=1S/C16H19N3/c1-12-3-2-4-13(9-12)5-6-16-18-11-14-10-17-8-7-15(14)19-16/h2-4,9,11,17H,5-8,10H2,1H3. The first-order valence-corrected chi connectivity index (χ1v) is 6.91. The number of fused-ring (bicyclic) bond motifs is 1. The normalized spacial score (nSPS) is 14.2. The van der Waals surface area contributed by atoms with Gasteiger partial charge in [0.15, 0.2) is 0 Å². The monoisotopic (exact) mass is 253 g/mol. The first-order chi connectivity index (χ1) is 9.31. The maximum absolute atomic E-state index is 4.70. The van der Waals surface area contributed by atoms with E-state index in [1.165, 1.54) is 22.4 Å². The van der Waals surface area contributed by atoms with Crippen molar-refractivity contribution in [3.8, 4) is 0 Å². The van der Waals surface area contributed by atoms with Gasteiger partial charge in [0.05, 0.1) is 0 Å². The van der Waals surface area contributed by atoms with Crippen molar-refractivity contribution in [2.24, 2.45) is 0 Å². The Bertz CT molecular complexity index is 578. The molecule has 0 atom stereocenters. The van der Waals surface area contributed by atoms with Crippen LogP contribution in [-0.4, -0.2) is 16.5 Å². The molecule has 0 spiro atoms. The summed E-state index contributed by atoms with van der Waals surface area (Å²) in [6, 6.07) is 8.66. The SMILES string of the molecule is Cc1cccc(CCc2ncc3c(n2)CCNC3)c1. The Morgan fingerprint density at radius 3 is 3.11 bits per heavy atom. The summed E-state index contributed by atoms with van der Waals surface area (Å²) in [7, 11) is 0. The Morgan fingerprint density at radius 1 is 1.26 bits per heavy atom. The lowest BCUT2D eigenvalue weighted by Gasteiger charge is -2.16. The van der Waals surface area contributed by atoms with Crippen LogP contribution >= 0.6 is 0 Å². The molecule has 19 heavy (non-hydrogen) atoms. The molecule has 0 saturated carbocycles. The third-order valence-corrected chi connectivity index (χ3v) is 3.58. The van der Waals surface area contributed by atoms with Crippen molar-refractivity contribution >= 4 is 0 Å². The third kappa shape index (κ3) is 2.99. The van der Waals surface area contributed by atoms with Crippen molar-refractivity contribution in [3.63, 3.8) is 0 Å². The Hall–Kier alpha value is -1.74. The lowest BCUT2D eigenvalue weighted by molar-refractivity contribution is 0.619. The maximum Gasteiger partial charge on any atom is 0.128 e. The lowest BCUT2D eigenvalue weighted by atomic mass is 10.1. The highest BCUT2D eigenvalue weighted by Gasteiger charge is 2.11. The summed E-state index contributed by atoms with van der Waals surface area (Å²) in [6.45, 7) is 4.07. The van der Waals surface area contributed by atoms with Crippen LogP contribution in [-0.2, 0) is 25.8 Å². The second kappa shape index (κ2) is 5.49. The number of nitrogens with one attached hydrogen (secondary N) is 1. The second-order valence-electron chi connectivity index (χ2n) is 5.17. The molecule has 1 aliphatic heterocycles. The van der Waals surface area contributed by atoms with Gasteiger partial charge in [0.1, 0.15) is 5.82 Å². The van der Waals surface area contributed by atoms with Gasteiger partial charge in [-0.15, -0.1) is 0 Å². The summed E-state index contributed by atoms with van der Waals surface area (Å²) in [5, 5.41) is 3.34. The Morgan fingerprint density at radius 2 is 2.21 bits per heavy atom. The van der Waals surface area contributed by atoms with Gasteiger partial charge in [0.2, 0.25) is 0 Å². The van der Waals surface area contributed by atoms with E-state index in [-0.39, 0.29) is 0 Å². The van der Waals surface area contributed by atoms with Gasteiger partial charge in [0.25, 0.3) is 0 Å². The van der Waals surface area contributed by atoms with Crippen LogP contribution in [0.15, 0.2) is 30.5 Å². The fourth-order valence-electron chi connectivity index (χ4n) is 2.52. The van der Waals surface area contributed by atoms with E-state index in [1.807, 2.05) is 6.20 Å². The van der Waals surface area contributed by atoms with Crippen molar-refractivity contribution in [2.45, 2.75) is 32.7 Å². The quantitative estimate of drug-likeness (QED) is 0.911. The molecule has 0 fully saturated rings. The molecule has 0 bridgehead atoms. The molecule has 0 radical (unpaired) electrons. The summed E-state index contributed by atoms with van der Waals surface area (Å²) < 4.78 is 0. The molecule has 0 aliphatic carbocycles. The summed E-state index contributed by atoms with van der Waals surface area (Å²) >= 11 is 0. The lowest BCUT2D eigenvalue weighted by Crippen LogP contribution is -2.25. The molecule has 3 rings (SSSR count). The highest BCUT2D eigenvalue weighted by atomic mass is 14.9. The van der Waals surface area contributed by atoms with Gasteiger partial charge in [0, 0.05) is 43.4 Å². The van der Waals surface area contributed by atoms with Gasteiger partial charge in [-0.3, -0.25) is 0 Å². The van der Waals surface area contributed by atoms with Crippen molar-refractivity contribution < 1.29 is 0 Å². The van der Waals surface area contributed by atoms with E-state index in [1.54, 1.807) is 0 Å². The molecule has 2 heterocycles. The summed E-state index contributed by atoms with van der Waals surface area (Å²) in [5.41, 5.74) is 5.16. The molecule has 2 aromatic rings. The van der Waals surface area contributed by atoms with E-state index >= 15 is 0 Å². The molecule has 0 amide bonds. The number of hydrogen-bond donors (Lipinski definition) is 1. The first-order valence-electron chi connectivity index (χ1n) is 6.91. The average Bonchev–Trinajstić information content (AvgIpc) is 2.45. The molecule has 1 aromatic carbocycles. The van der Waals surface area contributed by atoms with Gasteiger partial charge in [-0.05, 0) is 18.9 Å². The third-order valence-electron chi connectivity index (χ3n) is 3.58. The van der Waals surface area contributed by atoms with Crippen LogP contribution in [0.3, 0.4) is 0 Å². The zero-order chi connectivity index (χ0) is 13.1. The minimum absolute atomic E-state index is 0.910. The van der Waals surface area contributed by atoms with E-state index in [9.17, 15) is 0 Å². The van der Waals surface area contributed by atoms with Crippen LogP contribution in [0, 0.1) is 6.92 Å². The van der Waals surface area contributed by atoms with Crippen molar-refractivity contribution in [1.29, 1.82) is 0 Å². The summed E-state index contributed by atoms with van der Waals surface area (Å²) in [5.74, 6) is 0.974. The minimum Gasteiger partial charge on any atom is -0.312 e. The number of benzene rings is 1. The smallest absolute Gasteiger partial charge is 0.128 e. The predicted molar refractivity (Wildman–Crippen MR) is 76.0 cm³/mol. The van der Waals surface area contributed by atoms with Gasteiger partial charge >= 0.3 is 0 Å². The molecular weight excluding hydrogens is 234 g/mol. The van der Waals surface area contributed by atoms with Crippen LogP contribution < -0.4 is 5.32 Å². The summed E-state index contributed by atoms with van der Waals surface area (Å²) in [6.07, 6.45) is 4.94. The average molecular weight is 253 g/mol. The fourth-order valence-corrected chi connectivity index (χ4v) is 2.52. The van der Waals surface area contributed by atoms with E-state index in [4.69, 9.17) is 4.98 Å². The van der Waals surface area contributed by atoms with Gasteiger partial charge in [-0.1, -0.05) is 29.8 Å². The van der Waals surface area contributed by atoms with Gasteiger partial charge in [-0.25, -0.2) is 9.97 Å². The second-order valence-corrected chi connectivity index (χ2v) is 5.17. The Balaban J connectivity index is 1.70. The topological polar surface area (TPSA) is 37.8 Å². The van der Waals surface area contributed by atoms with Gasteiger partial charge in [-0.2, -0.15) is 0 Å². The molecule has 3 heteroatoms. The summed E-state index contributed by atoms with van der Waals surface area (Å²) in [4.78, 5) is 9.18. The zero-order valence-electron chi connectivity index (χ0n) is 11.3. The number of hydrogen-bond acceptors (Lipinski definition) is 3. The first kappa shape index (κ1) is 12.3. The van der Waals surface area contributed by atoms with E-state index in [0.717, 1.165) is 38.2 Å². The van der Waals surface area contributed by atoms with Crippen molar-refractivity contribution in [1.82, 2.24) is 15.3 Å². The number of aryl methyl sites for hydroxylation is 3. The van der Waals surface area contributed by atoms with Gasteiger partial charge < -0.3 is 5.32 Å². The highest BCUT2D eigenvalue weighted by Crippen LogP contribution is 2.12. The Labute approximate surface area is 114 Å². The van der Waals surface area contributed by atoms with Crippen LogP contribution in [0.25, 0.3) is 0 Å². The molecule has 0 saturated heterocycles. The largest absolute Gasteiger partial charge is 0.312 e. The van der Waals surface area contributed by atoms with Crippen molar-refractivity contribution in [3.05, 3.63) is 58.7 Å². The van der Waals surface area contributed by atoms with Crippen LogP contribution in [0.4, 0.5) is 0 Å². The van der Waals surface area contributed by atoms with Crippen LogP contribution in [0.1, 0.15) is 28.2 Å². The highest BCUT2D eigenvalue weighted by molar-refractivity contribution is 5.24. The Kier molecular flexibility index (Phi) is 3.56. The molecule has 1 aromatic heterocycles. The van der Waals surface area contributed by atoms with E-state index in [2.05, 4.69) is 41.5 Å². The van der Waals surface area contributed by atoms with E-state index < -0.39 is 0 Å². The number of nitrogens with zero attached hydrogens (tertiary/aromatic N) is 2. The molecule has 0 unspecified atom stereocenters. The zero-order valence-corrected chi connectivity index (χ0v) is 11.3. The molecule has 1 aliphatic rings. The predicted octanol–water partition coefficient (Wildman–Crippen LogP) is 2.22. The molecule has 98 valence electrons. The molecule has 3 nitrogen and oxygen atoms in total. The van der Waals surface area contributed by atoms with Crippen molar-refractivity contribution in [2.75, 3.05) is 6.54 Å². The number of aromatic nitrogens is 2. The fraction of sp³-hybridized carbons (Fsp3) is 0.375. The van der Waals surface area contributed by atoms with Crippen LogP contribution in [0.5, 0.6) is 0 Å². The molecule has 1 N–H and O–H groups in total. The van der Waals surface area contributed by atoms with E-state index in [0.29, 0.717) is 0 Å². The number of rotatable bonds is 3.